The molecule has 2 rings (SSSR count). The van der Waals surface area contributed by atoms with Gasteiger partial charge in [0.2, 0.25) is 5.90 Å². The van der Waals surface area contributed by atoms with E-state index in [-0.39, 0.29) is 5.90 Å². The highest BCUT2D eigenvalue weighted by Gasteiger charge is 2.29. The minimum Gasteiger partial charge on any atom is -0.482 e. The summed E-state index contributed by atoms with van der Waals surface area (Å²) < 4.78 is 21.8. The second-order valence-electron chi connectivity index (χ2n) is 6.99. The lowest BCUT2D eigenvalue weighted by Crippen LogP contribution is -2.34. The van der Waals surface area contributed by atoms with Crippen LogP contribution in [0.5, 0.6) is 0 Å². The summed E-state index contributed by atoms with van der Waals surface area (Å²) in [4.78, 5) is 0. The summed E-state index contributed by atoms with van der Waals surface area (Å²) in [6.45, 7) is 7.50. The monoisotopic (exact) mass is 374 g/mol. The van der Waals surface area contributed by atoms with Gasteiger partial charge in [-0.15, -0.1) is 0 Å². The Hall–Kier alpha value is -2.18. The van der Waals surface area contributed by atoms with Gasteiger partial charge in [0, 0.05) is 0 Å². The second kappa shape index (κ2) is 8.47. The molecule has 0 spiro atoms. The minimum atomic E-state index is -1.51. The lowest BCUT2D eigenvalue weighted by molar-refractivity contribution is 0.225. The largest absolute Gasteiger partial charge is 0.482 e. The highest BCUT2D eigenvalue weighted by molar-refractivity contribution is 7.85. The molecular formula is C20H26N2O3S. The average molecular weight is 375 g/mol. The van der Waals surface area contributed by atoms with Crippen LogP contribution >= 0.6 is 0 Å². The van der Waals surface area contributed by atoms with E-state index in [9.17, 15) is 9.42 Å². The highest BCUT2D eigenvalue weighted by Crippen LogP contribution is 2.28. The SMILES string of the molecule is CO/C(=N\S(=O)C(C)(C)C)[C@H](c1cccc(C)c1)N(O)c1ccccc1. The predicted molar refractivity (Wildman–Crippen MR) is 107 cm³/mol. The van der Waals surface area contributed by atoms with E-state index in [0.29, 0.717) is 5.69 Å². The number of hydrogen-bond acceptors (Lipinski definition) is 4. The van der Waals surface area contributed by atoms with E-state index in [1.165, 1.54) is 7.11 Å². The Balaban J connectivity index is 2.55. The number of ether oxygens (including phenoxy) is 1. The Morgan fingerprint density at radius 3 is 2.35 bits per heavy atom. The average Bonchev–Trinajstić information content (AvgIpc) is 2.60. The van der Waals surface area contributed by atoms with E-state index < -0.39 is 21.8 Å². The molecule has 0 saturated carbocycles. The summed E-state index contributed by atoms with van der Waals surface area (Å²) in [7, 11) is -0.0422. The summed E-state index contributed by atoms with van der Waals surface area (Å²) in [5, 5.41) is 12.0. The Bertz CT molecular complexity index is 785. The van der Waals surface area contributed by atoms with E-state index in [0.717, 1.165) is 16.2 Å². The molecule has 1 unspecified atom stereocenters. The number of hydroxylamine groups is 1. The van der Waals surface area contributed by atoms with Gasteiger partial charge < -0.3 is 4.74 Å². The van der Waals surface area contributed by atoms with Crippen molar-refractivity contribution in [2.45, 2.75) is 38.5 Å². The van der Waals surface area contributed by atoms with Crippen LogP contribution in [-0.4, -0.2) is 27.2 Å². The smallest absolute Gasteiger partial charge is 0.227 e. The lowest BCUT2D eigenvalue weighted by atomic mass is 10.0. The van der Waals surface area contributed by atoms with Gasteiger partial charge >= 0.3 is 0 Å². The molecule has 140 valence electrons. The lowest BCUT2D eigenvalue weighted by Gasteiger charge is -2.29. The first-order valence-corrected chi connectivity index (χ1v) is 9.49. The zero-order valence-corrected chi connectivity index (χ0v) is 16.7. The fourth-order valence-electron chi connectivity index (χ4n) is 2.38. The van der Waals surface area contributed by atoms with Gasteiger partial charge in [-0.05, 0) is 45.4 Å². The first kappa shape index (κ1) is 20.1. The Labute approximate surface area is 157 Å². The van der Waals surface area contributed by atoms with Crippen LogP contribution in [0.15, 0.2) is 59.0 Å². The molecule has 0 heterocycles. The third-order valence-corrected chi connectivity index (χ3v) is 5.16. The molecule has 1 N–H and O–H groups in total. The van der Waals surface area contributed by atoms with Gasteiger partial charge in [-0.3, -0.25) is 5.21 Å². The van der Waals surface area contributed by atoms with Gasteiger partial charge in [-0.2, -0.15) is 4.40 Å². The number of benzene rings is 2. The van der Waals surface area contributed by atoms with Crippen LogP contribution in [0.2, 0.25) is 0 Å². The van der Waals surface area contributed by atoms with Crippen LogP contribution in [-0.2, 0) is 15.7 Å². The van der Waals surface area contributed by atoms with Gasteiger partial charge in [0.25, 0.3) is 0 Å². The normalized spacial score (nSPS) is 14.6. The summed E-state index contributed by atoms with van der Waals surface area (Å²) in [6.07, 6.45) is 0. The van der Waals surface area contributed by atoms with Crippen LogP contribution in [0.25, 0.3) is 0 Å². The molecule has 6 heteroatoms. The Morgan fingerprint density at radius 2 is 1.81 bits per heavy atom. The maximum atomic E-state index is 12.5. The molecule has 0 amide bonds. The van der Waals surface area contributed by atoms with Crippen molar-refractivity contribution in [1.82, 2.24) is 0 Å². The van der Waals surface area contributed by atoms with E-state index in [1.54, 1.807) is 12.1 Å². The van der Waals surface area contributed by atoms with Gasteiger partial charge in [-0.25, -0.2) is 9.27 Å². The van der Waals surface area contributed by atoms with Crippen LogP contribution in [0.3, 0.4) is 0 Å². The molecule has 5 nitrogen and oxygen atoms in total. The molecule has 0 fully saturated rings. The van der Waals surface area contributed by atoms with Gasteiger partial charge in [0.15, 0.2) is 6.04 Å². The van der Waals surface area contributed by atoms with Crippen molar-refractivity contribution in [3.05, 3.63) is 65.7 Å². The van der Waals surface area contributed by atoms with Crippen molar-refractivity contribution in [2.24, 2.45) is 4.40 Å². The molecule has 2 aromatic rings. The molecule has 0 aliphatic heterocycles. The molecule has 0 aliphatic rings. The molecule has 2 aromatic carbocycles. The van der Waals surface area contributed by atoms with Gasteiger partial charge in [0.1, 0.15) is 11.0 Å². The summed E-state index contributed by atoms with van der Waals surface area (Å²) in [6, 6.07) is 16.1. The first-order valence-electron chi connectivity index (χ1n) is 8.38. The Morgan fingerprint density at radius 1 is 1.15 bits per heavy atom. The maximum Gasteiger partial charge on any atom is 0.227 e. The first-order chi connectivity index (χ1) is 12.2. The van der Waals surface area contributed by atoms with Gasteiger partial charge in [-0.1, -0.05) is 48.0 Å². The van der Waals surface area contributed by atoms with Crippen LogP contribution in [0, 0.1) is 6.92 Å². The van der Waals surface area contributed by atoms with E-state index >= 15 is 0 Å². The molecular weight excluding hydrogens is 348 g/mol. The number of methoxy groups -OCH3 is 1. The number of hydrogen-bond donors (Lipinski definition) is 1. The highest BCUT2D eigenvalue weighted by atomic mass is 32.2. The zero-order chi connectivity index (χ0) is 19.3. The standard InChI is InChI=1S/C20H26N2O3S/c1-15-10-9-11-16(14-15)18(22(23)17-12-7-6-8-13-17)19(25-5)21-26(24)20(2,3)4/h6-14,18,23H,1-5H3/b21-19-/t18-,26?/m0/s1. The maximum absolute atomic E-state index is 12.5. The number of rotatable bonds is 5. The molecule has 0 aromatic heterocycles. The van der Waals surface area contributed by atoms with Crippen molar-refractivity contribution in [2.75, 3.05) is 12.2 Å². The molecule has 0 radical (unpaired) electrons. The quantitative estimate of drug-likeness (QED) is 0.477. The van der Waals surface area contributed by atoms with Crippen LogP contribution < -0.4 is 5.06 Å². The minimum absolute atomic E-state index is 0.190. The third-order valence-electron chi connectivity index (χ3n) is 3.76. The van der Waals surface area contributed by atoms with E-state index in [1.807, 2.05) is 70.2 Å². The van der Waals surface area contributed by atoms with Gasteiger partial charge in [0.05, 0.1) is 17.5 Å². The summed E-state index contributed by atoms with van der Waals surface area (Å²) in [5.74, 6) is 0.190. The second-order valence-corrected chi connectivity index (χ2v) is 8.90. The van der Waals surface area contributed by atoms with E-state index in [4.69, 9.17) is 4.74 Å². The molecule has 2 atom stereocenters. The molecule has 0 aliphatic carbocycles. The number of aryl methyl sites for hydroxylation is 1. The van der Waals surface area contributed by atoms with E-state index in [2.05, 4.69) is 4.40 Å². The van der Waals surface area contributed by atoms with Crippen molar-refractivity contribution in [3.63, 3.8) is 0 Å². The van der Waals surface area contributed by atoms with Crippen molar-refractivity contribution < 1.29 is 14.2 Å². The number of para-hydroxylation sites is 1. The predicted octanol–water partition coefficient (Wildman–Crippen LogP) is 4.44. The third kappa shape index (κ3) is 4.93. The molecule has 0 saturated heterocycles. The molecule has 0 bridgehead atoms. The van der Waals surface area contributed by atoms with Crippen LogP contribution in [0.1, 0.15) is 37.9 Å². The van der Waals surface area contributed by atoms with Crippen molar-refractivity contribution >= 4 is 22.6 Å². The Kier molecular flexibility index (Phi) is 6.56. The fourth-order valence-corrected chi connectivity index (χ4v) is 2.99. The summed E-state index contributed by atoms with van der Waals surface area (Å²) in [5.41, 5.74) is 2.43. The number of nitrogens with zero attached hydrogens (tertiary/aromatic N) is 2. The zero-order valence-electron chi connectivity index (χ0n) is 15.8. The fraction of sp³-hybridized carbons (Fsp3) is 0.350. The van der Waals surface area contributed by atoms with Crippen molar-refractivity contribution in [3.8, 4) is 0 Å². The summed E-state index contributed by atoms with van der Waals surface area (Å²) >= 11 is 0. The molecule has 26 heavy (non-hydrogen) atoms. The topological polar surface area (TPSA) is 62.1 Å². The van der Waals surface area contributed by atoms with Crippen molar-refractivity contribution in [1.29, 1.82) is 0 Å². The van der Waals surface area contributed by atoms with Crippen LogP contribution in [0.4, 0.5) is 5.69 Å². The number of anilines is 1.